The molecule has 3 nitrogen and oxygen atoms in total. The van der Waals surface area contributed by atoms with E-state index in [1.165, 1.54) is 5.56 Å². The number of nitrogen functional groups attached to an aromatic ring is 1. The Morgan fingerprint density at radius 1 is 1.10 bits per heavy atom. The Hall–Kier alpha value is -2.29. The van der Waals surface area contributed by atoms with Crippen molar-refractivity contribution in [2.24, 2.45) is 0 Å². The molecule has 3 N–H and O–H groups in total. The normalized spacial score (nSPS) is 10.4. The minimum absolute atomic E-state index is 0.0392. The molecule has 0 radical (unpaired) electrons. The zero-order valence-corrected chi connectivity index (χ0v) is 12.6. The van der Waals surface area contributed by atoms with Crippen LogP contribution in [0.3, 0.4) is 0 Å². The second-order valence-corrected chi connectivity index (χ2v) is 5.41. The van der Waals surface area contributed by atoms with Crippen LogP contribution in [0.2, 0.25) is 0 Å². The van der Waals surface area contributed by atoms with Gasteiger partial charge in [0, 0.05) is 17.8 Å². The molecular weight excluding hydrogens is 260 g/mol. The average Bonchev–Trinajstić information content (AvgIpc) is 2.46. The summed E-state index contributed by atoms with van der Waals surface area (Å²) in [5.74, 6) is 0.0392. The van der Waals surface area contributed by atoms with E-state index in [-0.39, 0.29) is 5.91 Å². The predicted molar refractivity (Wildman–Crippen MR) is 88.3 cm³/mol. The van der Waals surface area contributed by atoms with Gasteiger partial charge in [-0.1, -0.05) is 36.4 Å². The van der Waals surface area contributed by atoms with Crippen molar-refractivity contribution in [3.8, 4) is 0 Å². The number of amides is 1. The van der Waals surface area contributed by atoms with Gasteiger partial charge < -0.3 is 11.1 Å². The topological polar surface area (TPSA) is 55.1 Å². The summed E-state index contributed by atoms with van der Waals surface area (Å²) in [5.41, 5.74) is 10.7. The van der Waals surface area contributed by atoms with E-state index < -0.39 is 0 Å². The van der Waals surface area contributed by atoms with E-state index in [1.54, 1.807) is 0 Å². The number of nitrogens with one attached hydrogen (secondary N) is 1. The zero-order valence-electron chi connectivity index (χ0n) is 12.6. The highest BCUT2D eigenvalue weighted by atomic mass is 16.1. The second-order valence-electron chi connectivity index (χ2n) is 5.41. The maximum Gasteiger partial charge on any atom is 0.224 e. The van der Waals surface area contributed by atoms with Gasteiger partial charge in [0.25, 0.3) is 0 Å². The molecule has 2 aromatic carbocycles. The molecule has 2 aromatic rings. The highest BCUT2D eigenvalue weighted by Crippen LogP contribution is 2.22. The van der Waals surface area contributed by atoms with Crippen molar-refractivity contribution < 1.29 is 4.79 Å². The molecule has 0 aliphatic heterocycles. The van der Waals surface area contributed by atoms with E-state index in [9.17, 15) is 4.79 Å². The number of anilines is 2. The molecular formula is C18H22N2O. The minimum Gasteiger partial charge on any atom is -0.398 e. The van der Waals surface area contributed by atoms with Gasteiger partial charge in [0.05, 0.1) is 0 Å². The van der Waals surface area contributed by atoms with Crippen LogP contribution in [0.5, 0.6) is 0 Å². The van der Waals surface area contributed by atoms with Crippen molar-refractivity contribution in [1.82, 2.24) is 0 Å². The SMILES string of the molecule is Cc1cc(C)c(NC(=O)CCCc2ccccc2)cc1N. The summed E-state index contributed by atoms with van der Waals surface area (Å²) in [5, 5.41) is 2.95. The number of hydrogen-bond acceptors (Lipinski definition) is 2. The van der Waals surface area contributed by atoms with Gasteiger partial charge in [0.1, 0.15) is 0 Å². The standard InChI is InChI=1S/C18H22N2O/c1-13-11-14(2)17(12-16(13)19)20-18(21)10-6-9-15-7-4-3-5-8-15/h3-5,7-8,11-12H,6,9-10,19H2,1-2H3,(H,20,21). The Bertz CT molecular complexity index is 621. The lowest BCUT2D eigenvalue weighted by atomic mass is 10.1. The van der Waals surface area contributed by atoms with Crippen LogP contribution in [-0.4, -0.2) is 5.91 Å². The molecule has 0 unspecified atom stereocenters. The fourth-order valence-corrected chi connectivity index (χ4v) is 2.31. The maximum absolute atomic E-state index is 12.0. The monoisotopic (exact) mass is 282 g/mol. The molecule has 0 saturated carbocycles. The van der Waals surface area contributed by atoms with E-state index >= 15 is 0 Å². The summed E-state index contributed by atoms with van der Waals surface area (Å²) in [6, 6.07) is 14.0. The summed E-state index contributed by atoms with van der Waals surface area (Å²) >= 11 is 0. The molecule has 0 aliphatic rings. The van der Waals surface area contributed by atoms with Crippen LogP contribution in [0.4, 0.5) is 11.4 Å². The third kappa shape index (κ3) is 4.35. The van der Waals surface area contributed by atoms with Crippen molar-refractivity contribution >= 4 is 17.3 Å². The van der Waals surface area contributed by atoms with Gasteiger partial charge in [-0.3, -0.25) is 4.79 Å². The average molecular weight is 282 g/mol. The Morgan fingerprint density at radius 3 is 2.52 bits per heavy atom. The molecule has 0 saturated heterocycles. The van der Waals surface area contributed by atoms with Crippen LogP contribution in [-0.2, 0) is 11.2 Å². The van der Waals surface area contributed by atoms with Crippen molar-refractivity contribution in [2.45, 2.75) is 33.1 Å². The lowest BCUT2D eigenvalue weighted by Crippen LogP contribution is -2.13. The number of aryl methyl sites for hydroxylation is 3. The van der Waals surface area contributed by atoms with E-state index in [0.29, 0.717) is 12.1 Å². The van der Waals surface area contributed by atoms with E-state index in [4.69, 9.17) is 5.73 Å². The third-order valence-corrected chi connectivity index (χ3v) is 3.60. The first kappa shape index (κ1) is 15.1. The van der Waals surface area contributed by atoms with E-state index in [2.05, 4.69) is 17.4 Å². The summed E-state index contributed by atoms with van der Waals surface area (Å²) < 4.78 is 0. The van der Waals surface area contributed by atoms with Gasteiger partial charge in [0.15, 0.2) is 0 Å². The van der Waals surface area contributed by atoms with Crippen LogP contribution in [0.25, 0.3) is 0 Å². The Kier molecular flexibility index (Phi) is 4.99. The number of rotatable bonds is 5. The van der Waals surface area contributed by atoms with Crippen molar-refractivity contribution in [3.05, 3.63) is 59.2 Å². The van der Waals surface area contributed by atoms with Gasteiger partial charge in [-0.15, -0.1) is 0 Å². The predicted octanol–water partition coefficient (Wildman–Crippen LogP) is 3.85. The number of nitrogens with two attached hydrogens (primary N) is 1. The first-order chi connectivity index (χ1) is 10.1. The van der Waals surface area contributed by atoms with Gasteiger partial charge in [-0.05, 0) is 49.4 Å². The fraction of sp³-hybridized carbons (Fsp3) is 0.278. The Balaban J connectivity index is 1.86. The molecule has 0 fully saturated rings. The Labute approximate surface area is 126 Å². The highest BCUT2D eigenvalue weighted by molar-refractivity contribution is 5.92. The number of hydrogen-bond donors (Lipinski definition) is 2. The molecule has 0 aliphatic carbocycles. The number of benzene rings is 2. The zero-order chi connectivity index (χ0) is 15.2. The molecule has 0 spiro atoms. The minimum atomic E-state index is 0.0392. The van der Waals surface area contributed by atoms with Gasteiger partial charge >= 0.3 is 0 Å². The van der Waals surface area contributed by atoms with Crippen LogP contribution >= 0.6 is 0 Å². The molecule has 0 heterocycles. The summed E-state index contributed by atoms with van der Waals surface area (Å²) in [6.45, 7) is 3.94. The Morgan fingerprint density at radius 2 is 1.81 bits per heavy atom. The van der Waals surface area contributed by atoms with Crippen LogP contribution < -0.4 is 11.1 Å². The summed E-state index contributed by atoms with van der Waals surface area (Å²) in [6.07, 6.45) is 2.28. The van der Waals surface area contributed by atoms with Gasteiger partial charge in [-0.2, -0.15) is 0 Å². The molecule has 0 aromatic heterocycles. The molecule has 3 heteroatoms. The lowest BCUT2D eigenvalue weighted by Gasteiger charge is -2.11. The number of carbonyl (C=O) groups excluding carboxylic acids is 1. The quantitative estimate of drug-likeness (QED) is 0.818. The lowest BCUT2D eigenvalue weighted by molar-refractivity contribution is -0.116. The molecule has 0 bridgehead atoms. The van der Waals surface area contributed by atoms with Crippen LogP contribution in [0.1, 0.15) is 29.5 Å². The summed E-state index contributed by atoms with van der Waals surface area (Å²) in [7, 11) is 0. The van der Waals surface area contributed by atoms with E-state index in [1.807, 2.05) is 44.2 Å². The van der Waals surface area contributed by atoms with Gasteiger partial charge in [0.2, 0.25) is 5.91 Å². The van der Waals surface area contributed by atoms with E-state index in [0.717, 1.165) is 29.7 Å². The van der Waals surface area contributed by atoms with Crippen molar-refractivity contribution in [2.75, 3.05) is 11.1 Å². The molecule has 2 rings (SSSR count). The first-order valence-corrected chi connectivity index (χ1v) is 7.27. The molecule has 1 amide bonds. The fourth-order valence-electron chi connectivity index (χ4n) is 2.31. The number of carbonyl (C=O) groups is 1. The largest absolute Gasteiger partial charge is 0.398 e. The smallest absolute Gasteiger partial charge is 0.224 e. The third-order valence-electron chi connectivity index (χ3n) is 3.60. The van der Waals surface area contributed by atoms with Crippen molar-refractivity contribution in [3.63, 3.8) is 0 Å². The highest BCUT2D eigenvalue weighted by Gasteiger charge is 2.07. The van der Waals surface area contributed by atoms with Crippen LogP contribution in [0.15, 0.2) is 42.5 Å². The summed E-state index contributed by atoms with van der Waals surface area (Å²) in [4.78, 5) is 12.0. The van der Waals surface area contributed by atoms with Crippen molar-refractivity contribution in [1.29, 1.82) is 0 Å². The molecule has 0 atom stereocenters. The first-order valence-electron chi connectivity index (χ1n) is 7.27. The van der Waals surface area contributed by atoms with Crippen LogP contribution in [0, 0.1) is 13.8 Å². The molecule has 110 valence electrons. The molecule has 21 heavy (non-hydrogen) atoms. The van der Waals surface area contributed by atoms with Gasteiger partial charge in [-0.25, -0.2) is 0 Å². The second kappa shape index (κ2) is 6.93. The maximum atomic E-state index is 12.0.